The minimum absolute atomic E-state index is 0.229. The van der Waals surface area contributed by atoms with Crippen molar-refractivity contribution in [2.45, 2.75) is 12.3 Å². The van der Waals surface area contributed by atoms with Crippen molar-refractivity contribution >= 4 is 17.2 Å². The molecule has 2 heterocycles. The number of hydrogen-bond acceptors (Lipinski definition) is 5. The second-order valence-corrected chi connectivity index (χ2v) is 11.6. The standard InChI is InChI=1S/C41H33N5O/c1-5-15-31(16-6-1)39-29-45(42-40(39)32-17-7-2-8-18-32)35-23-13-25-37(27-35)47-38-26-14-24-36(28-38)46-30-44(34-21-11-4-12-22-34)41(43-46)33-19-9-3-10-20-33/h1-17,19-29,32H,18,30H2/t32-/m1/s1. The van der Waals surface area contributed by atoms with Crippen LogP contribution in [0, 0.1) is 0 Å². The van der Waals surface area contributed by atoms with Crippen molar-refractivity contribution < 1.29 is 4.74 Å². The molecule has 6 heteroatoms. The Bertz CT molecular complexity index is 2080. The first-order valence-corrected chi connectivity index (χ1v) is 15.9. The van der Waals surface area contributed by atoms with E-state index in [9.17, 15) is 0 Å². The summed E-state index contributed by atoms with van der Waals surface area (Å²) in [5, 5.41) is 12.2. The molecule has 1 aliphatic carbocycles. The minimum Gasteiger partial charge on any atom is -0.457 e. The summed E-state index contributed by atoms with van der Waals surface area (Å²) in [5.41, 5.74) is 7.41. The number of allylic oxidation sites excluding steroid dienone is 4. The van der Waals surface area contributed by atoms with Gasteiger partial charge < -0.3 is 9.64 Å². The van der Waals surface area contributed by atoms with E-state index in [2.05, 4.69) is 108 Å². The Balaban J connectivity index is 1.07. The second-order valence-electron chi connectivity index (χ2n) is 11.6. The van der Waals surface area contributed by atoms with Crippen LogP contribution in [0.4, 0.5) is 11.4 Å². The summed E-state index contributed by atoms with van der Waals surface area (Å²) < 4.78 is 8.42. The van der Waals surface area contributed by atoms with Crippen LogP contribution in [0.5, 0.6) is 11.5 Å². The largest absolute Gasteiger partial charge is 0.457 e. The molecule has 8 rings (SSSR count). The molecule has 0 saturated carbocycles. The molecule has 0 unspecified atom stereocenters. The fourth-order valence-corrected chi connectivity index (χ4v) is 6.10. The van der Waals surface area contributed by atoms with E-state index in [-0.39, 0.29) is 5.92 Å². The zero-order valence-corrected chi connectivity index (χ0v) is 25.8. The molecule has 0 radical (unpaired) electrons. The molecule has 47 heavy (non-hydrogen) atoms. The quantitative estimate of drug-likeness (QED) is 0.172. The van der Waals surface area contributed by atoms with E-state index >= 15 is 0 Å². The molecule has 0 bridgehead atoms. The van der Waals surface area contributed by atoms with Gasteiger partial charge in [0, 0.05) is 41.1 Å². The van der Waals surface area contributed by atoms with Crippen LogP contribution in [0.2, 0.25) is 0 Å². The first-order chi connectivity index (χ1) is 23.3. The van der Waals surface area contributed by atoms with E-state index in [1.54, 1.807) is 0 Å². The number of ether oxygens (including phenoxy) is 1. The third kappa shape index (κ3) is 5.97. The number of rotatable bonds is 8. The summed E-state index contributed by atoms with van der Waals surface area (Å²) in [6.07, 6.45) is 11.7. The highest BCUT2D eigenvalue weighted by Crippen LogP contribution is 2.35. The zero-order chi connectivity index (χ0) is 31.4. The monoisotopic (exact) mass is 611 g/mol. The summed E-state index contributed by atoms with van der Waals surface area (Å²) in [5.74, 6) is 2.61. The average molecular weight is 612 g/mol. The van der Waals surface area contributed by atoms with E-state index in [1.165, 1.54) is 0 Å². The lowest BCUT2D eigenvalue weighted by atomic mass is 9.92. The maximum atomic E-state index is 6.45. The lowest BCUT2D eigenvalue weighted by molar-refractivity contribution is 0.482. The molecule has 5 aromatic carbocycles. The Kier molecular flexibility index (Phi) is 7.65. The molecule has 6 aromatic rings. The summed E-state index contributed by atoms with van der Waals surface area (Å²) in [4.78, 5) is 2.23. The van der Waals surface area contributed by atoms with Crippen molar-refractivity contribution in [2.75, 3.05) is 16.6 Å². The van der Waals surface area contributed by atoms with Gasteiger partial charge >= 0.3 is 0 Å². The molecule has 1 aliphatic heterocycles. The SMILES string of the molecule is C1=CC[C@H](c2nn(-c3cccc(Oc4cccc(N5CN(c6ccccc6)C(c6ccccc6)=N5)c4)c3)cc2-c2ccccc2)C=C1. The Hall–Kier alpha value is -6.14. The number of aromatic nitrogens is 2. The van der Waals surface area contributed by atoms with Crippen LogP contribution in [0.1, 0.15) is 23.6 Å². The van der Waals surface area contributed by atoms with Gasteiger partial charge in [-0.3, -0.25) is 0 Å². The van der Waals surface area contributed by atoms with Gasteiger partial charge in [-0.2, -0.15) is 10.2 Å². The fraction of sp³-hybridized carbons (Fsp3) is 0.0732. The van der Waals surface area contributed by atoms with Gasteiger partial charge in [0.05, 0.1) is 17.1 Å². The van der Waals surface area contributed by atoms with Gasteiger partial charge in [-0.25, -0.2) is 9.69 Å². The van der Waals surface area contributed by atoms with Crippen molar-refractivity contribution in [3.63, 3.8) is 0 Å². The Morgan fingerprint density at radius 3 is 1.96 bits per heavy atom. The average Bonchev–Trinajstić information content (AvgIpc) is 3.80. The van der Waals surface area contributed by atoms with Gasteiger partial charge in [-0.05, 0) is 48.4 Å². The molecule has 0 saturated heterocycles. The molecule has 228 valence electrons. The number of hydrazone groups is 1. The summed E-state index contributed by atoms with van der Waals surface area (Å²) in [6.45, 7) is 0.588. The summed E-state index contributed by atoms with van der Waals surface area (Å²) in [6, 6.07) is 47.3. The van der Waals surface area contributed by atoms with E-state index in [4.69, 9.17) is 14.9 Å². The van der Waals surface area contributed by atoms with E-state index < -0.39 is 0 Å². The van der Waals surface area contributed by atoms with Crippen molar-refractivity contribution in [1.29, 1.82) is 0 Å². The molecule has 6 nitrogen and oxygen atoms in total. The maximum Gasteiger partial charge on any atom is 0.162 e. The van der Waals surface area contributed by atoms with Crippen molar-refractivity contribution in [3.05, 3.63) is 181 Å². The number of benzene rings is 5. The smallest absolute Gasteiger partial charge is 0.162 e. The highest BCUT2D eigenvalue weighted by atomic mass is 16.5. The summed E-state index contributed by atoms with van der Waals surface area (Å²) >= 11 is 0. The summed E-state index contributed by atoms with van der Waals surface area (Å²) in [7, 11) is 0. The van der Waals surface area contributed by atoms with Crippen LogP contribution in [-0.4, -0.2) is 22.3 Å². The predicted octanol–water partition coefficient (Wildman–Crippen LogP) is 9.58. The molecule has 0 amide bonds. The first kappa shape index (κ1) is 28.3. The van der Waals surface area contributed by atoms with Crippen molar-refractivity contribution in [2.24, 2.45) is 5.10 Å². The van der Waals surface area contributed by atoms with Crippen LogP contribution < -0.4 is 14.6 Å². The van der Waals surface area contributed by atoms with Crippen LogP contribution in [0.3, 0.4) is 0 Å². The van der Waals surface area contributed by atoms with Gasteiger partial charge in [0.15, 0.2) is 5.84 Å². The normalized spacial score (nSPS) is 15.6. The minimum atomic E-state index is 0.229. The molecule has 2 aliphatic rings. The van der Waals surface area contributed by atoms with Gasteiger partial charge in [-0.1, -0.05) is 115 Å². The highest BCUT2D eigenvalue weighted by molar-refractivity contribution is 6.12. The van der Waals surface area contributed by atoms with E-state index in [0.29, 0.717) is 6.67 Å². The van der Waals surface area contributed by atoms with Gasteiger partial charge in [0.2, 0.25) is 0 Å². The molecule has 0 N–H and O–H groups in total. The molecular formula is C41H33N5O. The Labute approximate surface area is 274 Å². The number of para-hydroxylation sites is 1. The van der Waals surface area contributed by atoms with Crippen LogP contribution >= 0.6 is 0 Å². The third-order valence-corrected chi connectivity index (χ3v) is 8.44. The molecule has 1 aromatic heterocycles. The molecule has 0 fully saturated rings. The number of nitrogens with zero attached hydrogens (tertiary/aromatic N) is 5. The Morgan fingerprint density at radius 1 is 0.617 bits per heavy atom. The second kappa shape index (κ2) is 12.7. The fourth-order valence-electron chi connectivity index (χ4n) is 6.10. The number of amidine groups is 1. The first-order valence-electron chi connectivity index (χ1n) is 15.9. The van der Waals surface area contributed by atoms with Gasteiger partial charge in [0.1, 0.15) is 18.2 Å². The highest BCUT2D eigenvalue weighted by Gasteiger charge is 2.27. The van der Waals surface area contributed by atoms with Crippen LogP contribution in [0.25, 0.3) is 16.8 Å². The maximum absolute atomic E-state index is 6.45. The van der Waals surface area contributed by atoms with E-state index in [0.717, 1.165) is 63.2 Å². The topological polar surface area (TPSA) is 45.9 Å². The molecular weight excluding hydrogens is 578 g/mol. The lowest BCUT2D eigenvalue weighted by Gasteiger charge is -2.22. The van der Waals surface area contributed by atoms with Crippen LogP contribution in [-0.2, 0) is 0 Å². The third-order valence-electron chi connectivity index (χ3n) is 8.44. The van der Waals surface area contributed by atoms with E-state index in [1.807, 2.05) is 76.4 Å². The Morgan fingerprint density at radius 2 is 1.26 bits per heavy atom. The van der Waals surface area contributed by atoms with Crippen LogP contribution in [0.15, 0.2) is 175 Å². The number of anilines is 2. The van der Waals surface area contributed by atoms with Gasteiger partial charge in [-0.15, -0.1) is 0 Å². The number of hydrogen-bond donors (Lipinski definition) is 0. The van der Waals surface area contributed by atoms with Crippen molar-refractivity contribution in [3.8, 4) is 28.3 Å². The van der Waals surface area contributed by atoms with Gasteiger partial charge in [0.25, 0.3) is 0 Å². The molecule has 1 atom stereocenters. The molecule has 0 spiro atoms. The zero-order valence-electron chi connectivity index (χ0n) is 25.8. The predicted molar refractivity (Wildman–Crippen MR) is 190 cm³/mol. The lowest BCUT2D eigenvalue weighted by Crippen LogP contribution is -2.31. The van der Waals surface area contributed by atoms with Crippen molar-refractivity contribution in [1.82, 2.24) is 9.78 Å².